The highest BCUT2D eigenvalue weighted by Gasteiger charge is 2.36. The fraction of sp³-hybridized carbons (Fsp3) is 0.500. The Balaban J connectivity index is 2.76. The number of hydrogen-bond donors (Lipinski definition) is 3. The van der Waals surface area contributed by atoms with Crippen LogP contribution < -0.4 is 10.2 Å². The number of aliphatic carboxylic acids is 1. The summed E-state index contributed by atoms with van der Waals surface area (Å²) in [5.74, 6) is -0.839. The molecule has 128 valence electrons. The smallest absolute Gasteiger partial charge is 0.339 e. The largest absolute Gasteiger partial charge is 0.479 e. The fourth-order valence-corrected chi connectivity index (χ4v) is 2.82. The number of nitrogens with one attached hydrogen (secondary N) is 1. The van der Waals surface area contributed by atoms with Gasteiger partial charge in [-0.1, -0.05) is 19.1 Å². The molecule has 0 fully saturated rings. The number of thioether (sulfide) groups is 1. The molecule has 7 heteroatoms. The van der Waals surface area contributed by atoms with Gasteiger partial charge < -0.3 is 15.3 Å². The van der Waals surface area contributed by atoms with Gasteiger partial charge in [-0.2, -0.15) is 12.6 Å². The van der Waals surface area contributed by atoms with E-state index in [-0.39, 0.29) is 11.8 Å². The fourth-order valence-electron chi connectivity index (χ4n) is 1.71. The third-order valence-corrected chi connectivity index (χ3v) is 5.35. The molecule has 5 nitrogen and oxygen atoms in total. The molecule has 1 aromatic rings. The zero-order chi connectivity index (χ0) is 17.6. The van der Waals surface area contributed by atoms with Gasteiger partial charge in [0.05, 0.1) is 0 Å². The molecule has 0 heterocycles. The number of rotatable bonds is 8. The quantitative estimate of drug-likeness (QED) is 0.493. The van der Waals surface area contributed by atoms with Crippen LogP contribution >= 0.6 is 24.4 Å². The van der Waals surface area contributed by atoms with E-state index >= 15 is 0 Å². The number of nitrogens with zero attached hydrogens (tertiary/aromatic N) is 1. The van der Waals surface area contributed by atoms with Gasteiger partial charge in [-0.15, -0.1) is 11.8 Å². The molecule has 23 heavy (non-hydrogen) atoms. The van der Waals surface area contributed by atoms with Crippen molar-refractivity contribution < 1.29 is 14.7 Å². The Morgan fingerprint density at radius 3 is 2.35 bits per heavy atom. The van der Waals surface area contributed by atoms with Crippen molar-refractivity contribution in [2.45, 2.75) is 24.5 Å². The molecular formula is C16H24N2O3S2. The zero-order valence-electron chi connectivity index (χ0n) is 13.9. The SMILES string of the molecule is CC(CS)C(=O)N[C@@](C)(SCc1ccc(N(C)C)cc1)C(=O)O. The topological polar surface area (TPSA) is 69.6 Å². The van der Waals surface area contributed by atoms with E-state index in [0.717, 1.165) is 11.3 Å². The van der Waals surface area contributed by atoms with E-state index < -0.39 is 10.8 Å². The molecule has 0 radical (unpaired) electrons. The molecule has 0 aliphatic rings. The van der Waals surface area contributed by atoms with Crippen LogP contribution in [0.15, 0.2) is 24.3 Å². The molecule has 2 atom stereocenters. The zero-order valence-corrected chi connectivity index (χ0v) is 15.6. The van der Waals surface area contributed by atoms with E-state index in [2.05, 4.69) is 17.9 Å². The molecule has 1 rings (SSSR count). The van der Waals surface area contributed by atoms with Crippen LogP contribution in [0.5, 0.6) is 0 Å². The number of hydrogen-bond acceptors (Lipinski definition) is 5. The molecule has 1 unspecified atom stereocenters. The minimum atomic E-state index is -1.37. The first-order chi connectivity index (χ1) is 10.7. The number of thiol groups is 1. The summed E-state index contributed by atoms with van der Waals surface area (Å²) in [6.07, 6.45) is 0. The minimum Gasteiger partial charge on any atom is -0.479 e. The molecule has 0 aliphatic heterocycles. The van der Waals surface area contributed by atoms with E-state index in [4.69, 9.17) is 0 Å². The molecule has 0 saturated heterocycles. The van der Waals surface area contributed by atoms with Crippen LogP contribution in [-0.4, -0.2) is 41.7 Å². The molecule has 2 N–H and O–H groups in total. The molecule has 1 aromatic carbocycles. The van der Waals surface area contributed by atoms with Gasteiger partial charge in [0.15, 0.2) is 4.87 Å². The lowest BCUT2D eigenvalue weighted by atomic mass is 10.2. The number of anilines is 1. The van der Waals surface area contributed by atoms with Crippen molar-refractivity contribution in [2.24, 2.45) is 5.92 Å². The average Bonchev–Trinajstić information content (AvgIpc) is 2.52. The second-order valence-electron chi connectivity index (χ2n) is 5.76. The highest BCUT2D eigenvalue weighted by atomic mass is 32.2. The summed E-state index contributed by atoms with van der Waals surface area (Å²) in [6, 6.07) is 7.89. The summed E-state index contributed by atoms with van der Waals surface area (Å²) in [6.45, 7) is 3.23. The summed E-state index contributed by atoms with van der Waals surface area (Å²) in [4.78, 5) is 24.2. The van der Waals surface area contributed by atoms with Gasteiger partial charge in [0, 0.05) is 37.2 Å². The summed E-state index contributed by atoms with van der Waals surface area (Å²) >= 11 is 5.26. The number of carbonyl (C=O) groups excluding carboxylic acids is 1. The van der Waals surface area contributed by atoms with Crippen LogP contribution in [0.1, 0.15) is 19.4 Å². The highest BCUT2D eigenvalue weighted by Crippen LogP contribution is 2.28. The highest BCUT2D eigenvalue weighted by molar-refractivity contribution is 8.00. The molecule has 0 spiro atoms. The van der Waals surface area contributed by atoms with Gasteiger partial charge >= 0.3 is 5.97 Å². The Labute approximate surface area is 147 Å². The van der Waals surface area contributed by atoms with Crippen LogP contribution in [0.4, 0.5) is 5.69 Å². The second-order valence-corrected chi connectivity index (χ2v) is 7.52. The Morgan fingerprint density at radius 1 is 1.35 bits per heavy atom. The molecule has 0 saturated carbocycles. The Morgan fingerprint density at radius 2 is 1.91 bits per heavy atom. The van der Waals surface area contributed by atoms with Crippen molar-refractivity contribution in [3.63, 3.8) is 0 Å². The summed E-state index contributed by atoms with van der Waals surface area (Å²) in [5, 5.41) is 12.1. The lowest BCUT2D eigenvalue weighted by molar-refractivity contribution is -0.143. The van der Waals surface area contributed by atoms with E-state index in [9.17, 15) is 14.7 Å². The van der Waals surface area contributed by atoms with E-state index in [1.54, 1.807) is 6.92 Å². The van der Waals surface area contributed by atoms with Crippen LogP contribution in [0, 0.1) is 5.92 Å². The molecule has 0 aliphatic carbocycles. The first-order valence-corrected chi connectivity index (χ1v) is 8.88. The minimum absolute atomic E-state index is 0.305. The normalized spacial score (nSPS) is 14.7. The maximum absolute atomic E-state index is 12.0. The van der Waals surface area contributed by atoms with Crippen molar-refractivity contribution in [3.8, 4) is 0 Å². The number of amides is 1. The third kappa shape index (κ3) is 5.66. The summed E-state index contributed by atoms with van der Waals surface area (Å²) in [5.41, 5.74) is 2.08. The first kappa shape index (κ1) is 19.7. The van der Waals surface area contributed by atoms with Crippen molar-refractivity contribution in [1.29, 1.82) is 0 Å². The van der Waals surface area contributed by atoms with Crippen molar-refractivity contribution in [1.82, 2.24) is 5.32 Å². The van der Waals surface area contributed by atoms with E-state index in [1.807, 2.05) is 43.3 Å². The Kier molecular flexibility index (Phi) is 7.28. The molecule has 0 bridgehead atoms. The van der Waals surface area contributed by atoms with E-state index in [0.29, 0.717) is 11.5 Å². The molecule has 1 amide bonds. The summed E-state index contributed by atoms with van der Waals surface area (Å²) in [7, 11) is 3.92. The number of carboxylic acids is 1. The second kappa shape index (κ2) is 8.49. The number of carbonyl (C=O) groups is 2. The predicted octanol–water partition coefficient (Wildman–Crippen LogP) is 2.47. The van der Waals surface area contributed by atoms with E-state index in [1.165, 1.54) is 18.7 Å². The van der Waals surface area contributed by atoms with Gasteiger partial charge in [0.25, 0.3) is 0 Å². The Hall–Kier alpha value is -1.34. The van der Waals surface area contributed by atoms with Crippen LogP contribution in [0.25, 0.3) is 0 Å². The molecule has 0 aromatic heterocycles. The van der Waals surface area contributed by atoms with Crippen molar-refractivity contribution in [3.05, 3.63) is 29.8 Å². The van der Waals surface area contributed by atoms with Gasteiger partial charge in [0.2, 0.25) is 5.91 Å². The van der Waals surface area contributed by atoms with Crippen LogP contribution in [-0.2, 0) is 15.3 Å². The predicted molar refractivity (Wildman–Crippen MR) is 99.3 cm³/mol. The average molecular weight is 357 g/mol. The van der Waals surface area contributed by atoms with Gasteiger partial charge in [-0.3, -0.25) is 4.79 Å². The lowest BCUT2D eigenvalue weighted by Gasteiger charge is -2.27. The van der Waals surface area contributed by atoms with Crippen LogP contribution in [0.2, 0.25) is 0 Å². The molecular weight excluding hydrogens is 332 g/mol. The number of benzene rings is 1. The maximum atomic E-state index is 12.0. The van der Waals surface area contributed by atoms with Gasteiger partial charge in [-0.25, -0.2) is 4.79 Å². The summed E-state index contributed by atoms with van der Waals surface area (Å²) < 4.78 is 0. The van der Waals surface area contributed by atoms with Crippen molar-refractivity contribution >= 4 is 42.0 Å². The maximum Gasteiger partial charge on any atom is 0.339 e. The van der Waals surface area contributed by atoms with Gasteiger partial charge in [-0.05, 0) is 24.6 Å². The lowest BCUT2D eigenvalue weighted by Crippen LogP contribution is -2.51. The Bertz CT molecular complexity index is 549. The van der Waals surface area contributed by atoms with Crippen molar-refractivity contribution in [2.75, 3.05) is 24.7 Å². The third-order valence-electron chi connectivity index (χ3n) is 3.47. The number of carboxylic acid groups (broad SMARTS) is 1. The first-order valence-electron chi connectivity index (χ1n) is 7.26. The van der Waals surface area contributed by atoms with Gasteiger partial charge in [0.1, 0.15) is 0 Å². The van der Waals surface area contributed by atoms with Crippen LogP contribution in [0.3, 0.4) is 0 Å². The standard InChI is InChI=1S/C16H24N2O3S2/c1-11(9-22)14(19)17-16(2,15(20)21)23-10-12-5-7-13(8-6-12)18(3)4/h5-8,11,22H,9-10H2,1-4H3,(H,17,19)(H,20,21)/t11?,16-/m0/s1. The monoisotopic (exact) mass is 356 g/mol.